The van der Waals surface area contributed by atoms with Crippen LogP contribution in [0.2, 0.25) is 0 Å². The summed E-state index contributed by atoms with van der Waals surface area (Å²) in [6, 6.07) is 1.78. The number of aliphatic imine (C=N–C) groups is 1. The minimum Gasteiger partial charge on any atom is -0.483 e. The largest absolute Gasteiger partial charge is 0.483 e. The normalized spacial score (nSPS) is 12.7. The van der Waals surface area contributed by atoms with Crippen molar-refractivity contribution < 1.29 is 17.3 Å². The Kier molecular flexibility index (Phi) is 8.15. The van der Waals surface area contributed by atoms with Gasteiger partial charge in [-0.05, 0) is 6.92 Å². The molecule has 0 unspecified atom stereocenters. The van der Waals surface area contributed by atoms with Gasteiger partial charge >= 0.3 is 0 Å². The number of nitrogens with zero attached hydrogens (tertiary/aromatic N) is 2. The summed E-state index contributed by atoms with van der Waals surface area (Å²) in [5.41, 5.74) is -0.00434. The van der Waals surface area contributed by atoms with Crippen LogP contribution in [-0.4, -0.2) is 47.0 Å². The summed E-state index contributed by atoms with van der Waals surface area (Å²) in [4.78, 5) is 3.83. The first-order valence-corrected chi connectivity index (χ1v) is 7.13. The van der Waals surface area contributed by atoms with Gasteiger partial charge in [-0.2, -0.15) is 13.7 Å². The van der Waals surface area contributed by atoms with Gasteiger partial charge in [-0.1, -0.05) is 0 Å². The molecular formula is C10H16N4O4S. The molecule has 0 rings (SSSR count). The molecule has 0 amide bonds. The van der Waals surface area contributed by atoms with Crippen LogP contribution >= 0.6 is 0 Å². The van der Waals surface area contributed by atoms with Crippen LogP contribution in [0.25, 0.3) is 0 Å². The average molecular weight is 288 g/mol. The van der Waals surface area contributed by atoms with Gasteiger partial charge in [-0.25, -0.2) is 4.99 Å². The highest BCUT2D eigenvalue weighted by Crippen LogP contribution is 1.99. The van der Waals surface area contributed by atoms with Crippen molar-refractivity contribution in [3.05, 3.63) is 11.4 Å². The number of hydrogen-bond acceptors (Lipinski definition) is 8. The van der Waals surface area contributed by atoms with E-state index < -0.39 is 10.1 Å². The summed E-state index contributed by atoms with van der Waals surface area (Å²) >= 11 is 0. The van der Waals surface area contributed by atoms with E-state index in [1.54, 1.807) is 13.0 Å². The lowest BCUT2D eigenvalue weighted by Gasteiger charge is -2.07. The molecule has 0 radical (unpaired) electrons. The molecule has 106 valence electrons. The summed E-state index contributed by atoms with van der Waals surface area (Å²) in [5.74, 6) is 0.114. The molecule has 0 saturated carbocycles. The van der Waals surface area contributed by atoms with Gasteiger partial charge in [0.2, 0.25) is 0 Å². The number of rotatable bonds is 9. The number of ether oxygens (including phenoxy) is 1. The quantitative estimate of drug-likeness (QED) is 0.202. The second-order valence-electron chi connectivity index (χ2n) is 3.16. The predicted octanol–water partition coefficient (Wildman–Crippen LogP) is 0.00175. The van der Waals surface area contributed by atoms with E-state index in [0.717, 1.165) is 18.9 Å². The number of hydrogen-bond donors (Lipinski definition) is 2. The third-order valence-corrected chi connectivity index (χ3v) is 2.23. The van der Waals surface area contributed by atoms with Crippen LogP contribution in [0.5, 0.6) is 0 Å². The molecule has 0 aliphatic heterocycles. The summed E-state index contributed by atoms with van der Waals surface area (Å²) < 4.78 is 30.9. The predicted molar refractivity (Wildman–Crippen MR) is 70.3 cm³/mol. The van der Waals surface area contributed by atoms with Gasteiger partial charge in [0.05, 0.1) is 19.5 Å². The Hall–Kier alpha value is -1.92. The lowest BCUT2D eigenvalue weighted by atomic mass is 10.3. The number of nitriles is 1. The Balaban J connectivity index is 4.58. The zero-order valence-corrected chi connectivity index (χ0v) is 11.5. The van der Waals surface area contributed by atoms with Crippen LogP contribution in [0.4, 0.5) is 0 Å². The van der Waals surface area contributed by atoms with E-state index in [4.69, 9.17) is 15.4 Å². The second kappa shape index (κ2) is 9.07. The topological polar surface area (TPSA) is 125 Å². The van der Waals surface area contributed by atoms with Gasteiger partial charge < -0.3 is 15.5 Å². The van der Waals surface area contributed by atoms with Gasteiger partial charge in [0.1, 0.15) is 17.5 Å². The molecule has 0 aromatic rings. The number of nitrogens with one attached hydrogen (secondary N) is 2. The van der Waals surface area contributed by atoms with E-state index in [0.29, 0.717) is 6.61 Å². The molecule has 0 fully saturated rings. The monoisotopic (exact) mass is 288 g/mol. The molecule has 0 atom stereocenters. The zero-order chi connectivity index (χ0) is 14.7. The summed E-state index contributed by atoms with van der Waals surface area (Å²) in [6.45, 7) is 2.19. The molecule has 9 heteroatoms. The molecule has 19 heavy (non-hydrogen) atoms. The molecule has 0 saturated heterocycles. The highest BCUT2D eigenvalue weighted by atomic mass is 32.2. The maximum atomic E-state index is 10.7. The van der Waals surface area contributed by atoms with Gasteiger partial charge in [-0.3, -0.25) is 4.18 Å². The molecule has 2 N–H and O–H groups in total. The summed E-state index contributed by atoms with van der Waals surface area (Å²) in [7, 11) is -3.50. The van der Waals surface area contributed by atoms with Crippen molar-refractivity contribution >= 4 is 22.7 Å². The Labute approximate surface area is 112 Å². The highest BCUT2D eigenvalue weighted by Gasteiger charge is 2.04. The van der Waals surface area contributed by atoms with Crippen molar-refractivity contribution in [1.82, 2.24) is 5.32 Å². The maximum absolute atomic E-state index is 10.7. The Morgan fingerprint density at radius 2 is 2.26 bits per heavy atom. The standard InChI is InChI=1S/C10H16N4O4S/c1-3-17-8-14-10(9(6-11)7-12)13-4-5-18-19(2,15)16/h6,8,11,13H,3-5H2,1-2H3/b10-9-,11-6?,14-8+. The Bertz CT molecular complexity index is 490. The van der Waals surface area contributed by atoms with E-state index >= 15 is 0 Å². The maximum Gasteiger partial charge on any atom is 0.264 e. The molecule has 0 aliphatic carbocycles. The third kappa shape index (κ3) is 8.76. The van der Waals surface area contributed by atoms with Crippen LogP contribution in [0, 0.1) is 16.7 Å². The molecular weight excluding hydrogens is 272 g/mol. The second-order valence-corrected chi connectivity index (χ2v) is 4.81. The van der Waals surface area contributed by atoms with E-state index in [1.807, 2.05) is 0 Å². The van der Waals surface area contributed by atoms with Crippen LogP contribution in [-0.2, 0) is 19.0 Å². The van der Waals surface area contributed by atoms with Crippen LogP contribution in [0.1, 0.15) is 6.92 Å². The zero-order valence-electron chi connectivity index (χ0n) is 10.7. The minimum atomic E-state index is -3.50. The first-order chi connectivity index (χ1) is 8.94. The van der Waals surface area contributed by atoms with Crippen molar-refractivity contribution in [2.45, 2.75) is 6.92 Å². The molecule has 0 aliphatic rings. The first kappa shape index (κ1) is 17.1. The molecule has 0 heterocycles. The smallest absolute Gasteiger partial charge is 0.264 e. The van der Waals surface area contributed by atoms with Crippen molar-refractivity contribution in [3.8, 4) is 6.07 Å². The van der Waals surface area contributed by atoms with Crippen molar-refractivity contribution in [2.24, 2.45) is 4.99 Å². The fourth-order valence-electron chi connectivity index (χ4n) is 0.891. The van der Waals surface area contributed by atoms with Gasteiger partial charge in [-0.15, -0.1) is 0 Å². The lowest BCUT2D eigenvalue weighted by Crippen LogP contribution is -2.21. The molecule has 0 bridgehead atoms. The summed E-state index contributed by atoms with van der Waals surface area (Å²) in [5, 5.41) is 18.6. The fourth-order valence-corrected chi connectivity index (χ4v) is 1.28. The average Bonchev–Trinajstić information content (AvgIpc) is 2.34. The molecule has 0 aromatic heterocycles. The SMILES string of the molecule is CCO/C=N/C(NCCOS(C)(=O)=O)=C(\C#N)C=N. The van der Waals surface area contributed by atoms with E-state index in [1.165, 1.54) is 0 Å². The van der Waals surface area contributed by atoms with E-state index in [2.05, 4.69) is 14.5 Å². The van der Waals surface area contributed by atoms with Crippen molar-refractivity contribution in [3.63, 3.8) is 0 Å². The van der Waals surface area contributed by atoms with Gasteiger partial charge in [0, 0.05) is 12.8 Å². The lowest BCUT2D eigenvalue weighted by molar-refractivity contribution is 0.322. The fraction of sp³-hybridized carbons (Fsp3) is 0.500. The van der Waals surface area contributed by atoms with E-state index in [-0.39, 0.29) is 24.5 Å². The Morgan fingerprint density at radius 1 is 1.58 bits per heavy atom. The summed E-state index contributed by atoms with van der Waals surface area (Å²) in [6.07, 6.45) is 2.92. The van der Waals surface area contributed by atoms with Crippen LogP contribution in [0.15, 0.2) is 16.4 Å². The van der Waals surface area contributed by atoms with Crippen molar-refractivity contribution in [2.75, 3.05) is 26.0 Å². The Morgan fingerprint density at radius 3 is 2.74 bits per heavy atom. The first-order valence-electron chi connectivity index (χ1n) is 5.31. The molecule has 8 nitrogen and oxygen atoms in total. The number of allylic oxidation sites excluding steroid dienone is 1. The van der Waals surface area contributed by atoms with Crippen LogP contribution in [0.3, 0.4) is 0 Å². The van der Waals surface area contributed by atoms with Crippen LogP contribution < -0.4 is 5.32 Å². The highest BCUT2D eigenvalue weighted by molar-refractivity contribution is 7.85. The van der Waals surface area contributed by atoms with Gasteiger partial charge in [0.15, 0.2) is 6.40 Å². The third-order valence-electron chi connectivity index (χ3n) is 1.63. The van der Waals surface area contributed by atoms with Crippen molar-refractivity contribution in [1.29, 1.82) is 10.7 Å². The van der Waals surface area contributed by atoms with E-state index in [9.17, 15) is 8.42 Å². The molecule has 0 spiro atoms. The minimum absolute atomic E-state index is 0.00434. The molecule has 0 aromatic carbocycles. The van der Waals surface area contributed by atoms with Gasteiger partial charge in [0.25, 0.3) is 10.1 Å².